The molecule has 0 bridgehead atoms. The van der Waals surface area contributed by atoms with Gasteiger partial charge < -0.3 is 10.4 Å². The number of anilines is 1. The molecule has 120 valence electrons. The highest BCUT2D eigenvalue weighted by molar-refractivity contribution is 7.90. The van der Waals surface area contributed by atoms with E-state index in [2.05, 4.69) is 5.32 Å². The third kappa shape index (κ3) is 4.96. The number of hydrogen-bond acceptors (Lipinski definition) is 4. The van der Waals surface area contributed by atoms with E-state index in [1.165, 1.54) is 12.3 Å². The Bertz CT molecular complexity index is 824. The molecule has 5 nitrogen and oxygen atoms in total. The molecule has 0 saturated carbocycles. The molecule has 0 saturated heterocycles. The molecule has 2 N–H and O–H groups in total. The minimum absolute atomic E-state index is 0.283. The van der Waals surface area contributed by atoms with Crippen LogP contribution in [0, 0.1) is 0 Å². The number of benzene rings is 2. The largest absolute Gasteiger partial charge is 0.478 e. The molecule has 2 rings (SSSR count). The third-order valence-corrected chi connectivity index (χ3v) is 4.33. The standard InChI is InChI=1S/C17H17NO4S/c1-23(21,22)15-9-6-13(7-10-15)12-18-16-5-3-2-4-14(16)8-11-17(19)20/h2-11,18H,12H2,1H3,(H,19,20). The third-order valence-electron chi connectivity index (χ3n) is 3.20. The van der Waals surface area contributed by atoms with Crippen LogP contribution in [0.4, 0.5) is 5.69 Å². The average molecular weight is 331 g/mol. The highest BCUT2D eigenvalue weighted by atomic mass is 32.2. The summed E-state index contributed by atoms with van der Waals surface area (Å²) in [6.07, 6.45) is 3.78. The predicted molar refractivity (Wildman–Crippen MR) is 90.0 cm³/mol. The summed E-state index contributed by atoms with van der Waals surface area (Å²) in [6, 6.07) is 14.0. The first kappa shape index (κ1) is 16.8. The van der Waals surface area contributed by atoms with Crippen LogP contribution in [0.3, 0.4) is 0 Å². The molecule has 0 atom stereocenters. The quantitative estimate of drug-likeness (QED) is 0.795. The highest BCUT2D eigenvalue weighted by Gasteiger charge is 2.06. The van der Waals surface area contributed by atoms with E-state index >= 15 is 0 Å². The molecule has 0 amide bonds. The van der Waals surface area contributed by atoms with Crippen LogP contribution in [0.1, 0.15) is 11.1 Å². The van der Waals surface area contributed by atoms with Gasteiger partial charge in [-0.25, -0.2) is 13.2 Å². The SMILES string of the molecule is CS(=O)(=O)c1ccc(CNc2ccccc2C=CC(=O)O)cc1. The van der Waals surface area contributed by atoms with Gasteiger partial charge in [-0.05, 0) is 35.4 Å². The maximum Gasteiger partial charge on any atom is 0.328 e. The van der Waals surface area contributed by atoms with Crippen molar-refractivity contribution in [2.24, 2.45) is 0 Å². The van der Waals surface area contributed by atoms with E-state index in [1.54, 1.807) is 24.3 Å². The van der Waals surface area contributed by atoms with Crippen LogP contribution in [0.2, 0.25) is 0 Å². The Labute approximate surface area is 135 Å². The maximum absolute atomic E-state index is 11.4. The molecule has 0 aliphatic rings. The molecule has 0 aromatic heterocycles. The summed E-state index contributed by atoms with van der Waals surface area (Å²) >= 11 is 0. The lowest BCUT2D eigenvalue weighted by Crippen LogP contribution is -2.02. The lowest BCUT2D eigenvalue weighted by atomic mass is 10.1. The van der Waals surface area contributed by atoms with Gasteiger partial charge in [0.1, 0.15) is 0 Å². The molecule has 2 aromatic rings. The van der Waals surface area contributed by atoms with Gasteiger partial charge in [0, 0.05) is 24.6 Å². The van der Waals surface area contributed by atoms with Gasteiger partial charge in [0.15, 0.2) is 9.84 Å². The average Bonchev–Trinajstić information content (AvgIpc) is 2.51. The second kappa shape index (κ2) is 7.11. The number of carboxylic acid groups (broad SMARTS) is 1. The molecule has 0 radical (unpaired) electrons. The van der Waals surface area contributed by atoms with Gasteiger partial charge in [0.05, 0.1) is 4.90 Å². The van der Waals surface area contributed by atoms with Gasteiger partial charge >= 0.3 is 5.97 Å². The number of para-hydroxylation sites is 1. The Hall–Kier alpha value is -2.60. The highest BCUT2D eigenvalue weighted by Crippen LogP contribution is 2.18. The zero-order chi connectivity index (χ0) is 16.9. The summed E-state index contributed by atoms with van der Waals surface area (Å²) < 4.78 is 22.8. The summed E-state index contributed by atoms with van der Waals surface area (Å²) in [6.45, 7) is 0.502. The minimum atomic E-state index is -3.19. The Morgan fingerprint density at radius 2 is 1.78 bits per heavy atom. The van der Waals surface area contributed by atoms with Crippen LogP contribution in [0.15, 0.2) is 59.5 Å². The van der Waals surface area contributed by atoms with Crippen LogP contribution < -0.4 is 5.32 Å². The van der Waals surface area contributed by atoms with Crippen molar-refractivity contribution in [3.8, 4) is 0 Å². The van der Waals surface area contributed by atoms with Crippen molar-refractivity contribution in [1.82, 2.24) is 0 Å². The van der Waals surface area contributed by atoms with E-state index in [1.807, 2.05) is 24.3 Å². The Kier molecular flexibility index (Phi) is 5.18. The van der Waals surface area contributed by atoms with Crippen LogP contribution in [0.5, 0.6) is 0 Å². The number of carboxylic acids is 1. The number of carbonyl (C=O) groups is 1. The summed E-state index contributed by atoms with van der Waals surface area (Å²) in [5, 5.41) is 11.9. The van der Waals surface area contributed by atoms with E-state index in [-0.39, 0.29) is 4.90 Å². The first-order valence-corrected chi connectivity index (χ1v) is 8.78. The number of sulfone groups is 1. The second-order valence-electron chi connectivity index (χ2n) is 5.03. The van der Waals surface area contributed by atoms with Crippen LogP contribution in [0.25, 0.3) is 6.08 Å². The summed E-state index contributed by atoms with van der Waals surface area (Å²) in [7, 11) is -3.19. The van der Waals surface area contributed by atoms with E-state index in [4.69, 9.17) is 5.11 Å². The monoisotopic (exact) mass is 331 g/mol. The van der Waals surface area contributed by atoms with Gasteiger partial charge in [-0.1, -0.05) is 30.3 Å². The first-order valence-electron chi connectivity index (χ1n) is 6.89. The molecule has 23 heavy (non-hydrogen) atoms. The van der Waals surface area contributed by atoms with Crippen molar-refractivity contribution in [3.63, 3.8) is 0 Å². The lowest BCUT2D eigenvalue weighted by Gasteiger charge is -2.10. The fourth-order valence-electron chi connectivity index (χ4n) is 2.02. The summed E-state index contributed by atoms with van der Waals surface area (Å²) in [5.41, 5.74) is 2.49. The number of aliphatic carboxylic acids is 1. The Balaban J connectivity index is 2.11. The zero-order valence-corrected chi connectivity index (χ0v) is 13.4. The van der Waals surface area contributed by atoms with Crippen molar-refractivity contribution in [3.05, 3.63) is 65.7 Å². The van der Waals surface area contributed by atoms with Crippen molar-refractivity contribution in [2.75, 3.05) is 11.6 Å². The van der Waals surface area contributed by atoms with Crippen LogP contribution in [-0.2, 0) is 21.2 Å². The van der Waals surface area contributed by atoms with Gasteiger partial charge in [-0.15, -0.1) is 0 Å². The molecule has 0 aliphatic heterocycles. The molecule has 0 fully saturated rings. The topological polar surface area (TPSA) is 83.5 Å². The van der Waals surface area contributed by atoms with Crippen molar-refractivity contribution in [1.29, 1.82) is 0 Å². The van der Waals surface area contributed by atoms with Crippen LogP contribution >= 0.6 is 0 Å². The van der Waals surface area contributed by atoms with Crippen molar-refractivity contribution in [2.45, 2.75) is 11.4 Å². The molecule has 0 unspecified atom stereocenters. The molecular weight excluding hydrogens is 314 g/mol. The first-order chi connectivity index (χ1) is 10.9. The van der Waals surface area contributed by atoms with E-state index < -0.39 is 15.8 Å². The smallest absolute Gasteiger partial charge is 0.328 e. The second-order valence-corrected chi connectivity index (χ2v) is 7.04. The Morgan fingerprint density at radius 3 is 2.39 bits per heavy atom. The molecule has 0 spiro atoms. The summed E-state index contributed by atoms with van der Waals surface area (Å²) in [5.74, 6) is -1.00. The molecule has 0 heterocycles. The number of nitrogens with one attached hydrogen (secondary N) is 1. The minimum Gasteiger partial charge on any atom is -0.478 e. The van der Waals surface area contributed by atoms with Gasteiger partial charge in [-0.2, -0.15) is 0 Å². The number of hydrogen-bond donors (Lipinski definition) is 2. The van der Waals surface area contributed by atoms with E-state index in [0.717, 1.165) is 22.9 Å². The van der Waals surface area contributed by atoms with Crippen molar-refractivity contribution >= 4 is 27.6 Å². The Morgan fingerprint density at radius 1 is 1.13 bits per heavy atom. The molecular formula is C17H17NO4S. The predicted octanol–water partition coefficient (Wildman–Crippen LogP) is 2.80. The van der Waals surface area contributed by atoms with Gasteiger partial charge in [-0.3, -0.25) is 0 Å². The fourth-order valence-corrected chi connectivity index (χ4v) is 2.65. The van der Waals surface area contributed by atoms with Crippen LogP contribution in [-0.4, -0.2) is 25.7 Å². The van der Waals surface area contributed by atoms with E-state index in [0.29, 0.717) is 6.54 Å². The fraction of sp³-hybridized carbons (Fsp3) is 0.118. The summed E-state index contributed by atoms with van der Waals surface area (Å²) in [4.78, 5) is 10.9. The van der Waals surface area contributed by atoms with Gasteiger partial charge in [0.2, 0.25) is 0 Å². The van der Waals surface area contributed by atoms with Gasteiger partial charge in [0.25, 0.3) is 0 Å². The molecule has 2 aromatic carbocycles. The molecule has 0 aliphatic carbocycles. The molecule has 6 heteroatoms. The number of rotatable bonds is 6. The maximum atomic E-state index is 11.4. The van der Waals surface area contributed by atoms with E-state index in [9.17, 15) is 13.2 Å². The van der Waals surface area contributed by atoms with Crippen molar-refractivity contribution < 1.29 is 18.3 Å². The lowest BCUT2D eigenvalue weighted by molar-refractivity contribution is -0.131. The zero-order valence-electron chi connectivity index (χ0n) is 12.6. The normalized spacial score (nSPS) is 11.5.